The lowest BCUT2D eigenvalue weighted by Gasteiger charge is -2.19. The van der Waals surface area contributed by atoms with Crippen LogP contribution in [0, 0.1) is 9.39 Å². The monoisotopic (exact) mass is 482 g/mol. The Labute approximate surface area is 170 Å². The van der Waals surface area contributed by atoms with Crippen molar-refractivity contribution < 1.29 is 14.0 Å². The number of nitrogens with one attached hydrogen (secondary N) is 2. The van der Waals surface area contributed by atoms with Gasteiger partial charge in [0.25, 0.3) is 5.91 Å². The Bertz CT molecular complexity index is 1010. The summed E-state index contributed by atoms with van der Waals surface area (Å²) in [6.07, 6.45) is 3.29. The normalized spacial score (nSPS) is 11.6. The van der Waals surface area contributed by atoms with Crippen molar-refractivity contribution in [1.82, 2.24) is 15.0 Å². The molecule has 0 spiro atoms. The van der Waals surface area contributed by atoms with E-state index < -0.39 is 17.3 Å². The van der Waals surface area contributed by atoms with Gasteiger partial charge in [-0.3, -0.25) is 14.6 Å². The van der Waals surface area contributed by atoms with Gasteiger partial charge in [0.2, 0.25) is 0 Å². The molecule has 0 aliphatic heterocycles. The zero-order valence-electron chi connectivity index (χ0n) is 15.4. The van der Waals surface area contributed by atoms with Crippen molar-refractivity contribution in [1.29, 1.82) is 0 Å². The summed E-state index contributed by atoms with van der Waals surface area (Å²) < 4.78 is 16.9. The van der Waals surface area contributed by atoms with Crippen LogP contribution in [0.25, 0.3) is 10.9 Å². The van der Waals surface area contributed by atoms with E-state index in [1.807, 2.05) is 43.4 Å². The third-order valence-corrected chi connectivity index (χ3v) is 4.53. The quantitative estimate of drug-likeness (QED) is 0.424. The Morgan fingerprint density at radius 3 is 2.70 bits per heavy atom. The molecule has 0 radical (unpaired) electrons. The minimum absolute atomic E-state index is 0.276. The number of halogens is 2. The van der Waals surface area contributed by atoms with Gasteiger partial charge in [-0.1, -0.05) is 0 Å². The van der Waals surface area contributed by atoms with Crippen LogP contribution in [-0.2, 0) is 11.9 Å². The van der Waals surface area contributed by atoms with Gasteiger partial charge in [-0.05, 0) is 67.6 Å². The van der Waals surface area contributed by atoms with Gasteiger partial charge >= 0.3 is 0 Å². The summed E-state index contributed by atoms with van der Waals surface area (Å²) in [7, 11) is 1.77. The van der Waals surface area contributed by atoms with E-state index in [1.54, 1.807) is 42.2 Å². The zero-order chi connectivity index (χ0) is 19.8. The zero-order valence-corrected chi connectivity index (χ0v) is 17.6. The molecule has 0 bridgehead atoms. The Kier molecular flexibility index (Phi) is 5.38. The molecule has 0 aliphatic rings. The van der Waals surface area contributed by atoms with E-state index in [0.29, 0.717) is 16.8 Å². The predicted molar refractivity (Wildman–Crippen MR) is 111 cm³/mol. The van der Waals surface area contributed by atoms with Crippen LogP contribution in [-0.4, -0.2) is 21.1 Å². The van der Waals surface area contributed by atoms with Crippen LogP contribution < -0.4 is 10.8 Å². The highest BCUT2D eigenvalue weighted by molar-refractivity contribution is 14.1. The molecule has 1 amide bonds. The van der Waals surface area contributed by atoms with Crippen LogP contribution in [0.4, 0.5) is 15.8 Å². The first-order valence-electron chi connectivity index (χ1n) is 8.30. The molecular weight excluding hydrogens is 462 g/mol. The number of hydrogen-bond acceptors (Lipinski definition) is 4. The molecule has 0 aliphatic carbocycles. The van der Waals surface area contributed by atoms with Gasteiger partial charge in [0.05, 0.1) is 22.5 Å². The number of anilines is 2. The Morgan fingerprint density at radius 2 is 2.04 bits per heavy atom. The summed E-state index contributed by atoms with van der Waals surface area (Å²) in [5.74, 6) is -0.836. The highest BCUT2D eigenvalue weighted by atomic mass is 127. The van der Waals surface area contributed by atoms with Crippen molar-refractivity contribution in [3.8, 4) is 0 Å². The average molecular weight is 482 g/mol. The molecule has 2 heterocycles. The van der Waals surface area contributed by atoms with Crippen LogP contribution in [0.15, 0.2) is 36.7 Å². The first-order chi connectivity index (χ1) is 12.7. The molecule has 27 heavy (non-hydrogen) atoms. The van der Waals surface area contributed by atoms with Crippen molar-refractivity contribution in [2.24, 2.45) is 7.05 Å². The molecule has 0 unspecified atom stereocenters. The molecule has 6 nitrogen and oxygen atoms in total. The smallest absolute Gasteiger partial charge is 0.293 e. The van der Waals surface area contributed by atoms with Gasteiger partial charge in [-0.2, -0.15) is 0 Å². The second kappa shape index (κ2) is 7.43. The van der Waals surface area contributed by atoms with E-state index in [1.165, 1.54) is 6.07 Å². The summed E-state index contributed by atoms with van der Waals surface area (Å²) in [5, 5.41) is 3.76. The first-order valence-corrected chi connectivity index (χ1v) is 9.38. The maximum absolute atomic E-state index is 14.4. The molecule has 2 N–H and O–H groups in total. The fourth-order valence-corrected chi connectivity index (χ4v) is 3.11. The van der Waals surface area contributed by atoms with E-state index in [0.717, 1.165) is 9.09 Å². The molecular formula is C19H20FIN4O2. The summed E-state index contributed by atoms with van der Waals surface area (Å²) in [6, 6.07) is 6.65. The Balaban J connectivity index is 2.08. The third-order valence-electron chi connectivity index (χ3n) is 3.86. The SMILES string of the molecule is Cn1c(C(=O)NOC(C)(C)C)c(Nc2ccc(I)cc2F)c2cnccc21. The second-order valence-electron chi connectivity index (χ2n) is 7.07. The van der Waals surface area contributed by atoms with Crippen LogP contribution >= 0.6 is 22.6 Å². The number of amides is 1. The van der Waals surface area contributed by atoms with Gasteiger partial charge < -0.3 is 9.88 Å². The van der Waals surface area contributed by atoms with Crippen LogP contribution in [0.5, 0.6) is 0 Å². The number of aryl methyl sites for hydroxylation is 1. The van der Waals surface area contributed by atoms with E-state index in [-0.39, 0.29) is 5.69 Å². The number of benzene rings is 1. The number of aromatic nitrogens is 2. The number of pyridine rings is 1. The van der Waals surface area contributed by atoms with E-state index in [4.69, 9.17) is 4.84 Å². The molecule has 142 valence electrons. The lowest BCUT2D eigenvalue weighted by molar-refractivity contribution is -0.0592. The molecule has 0 atom stereocenters. The Hall–Kier alpha value is -2.20. The number of rotatable bonds is 4. The molecule has 2 aromatic heterocycles. The van der Waals surface area contributed by atoms with Gasteiger partial charge in [-0.25, -0.2) is 9.87 Å². The van der Waals surface area contributed by atoms with Crippen LogP contribution in [0.1, 0.15) is 31.3 Å². The molecule has 0 saturated carbocycles. The summed E-state index contributed by atoms with van der Waals surface area (Å²) >= 11 is 2.04. The summed E-state index contributed by atoms with van der Waals surface area (Å²) in [6.45, 7) is 5.50. The summed E-state index contributed by atoms with van der Waals surface area (Å²) in [4.78, 5) is 22.4. The van der Waals surface area contributed by atoms with Crippen molar-refractivity contribution in [3.05, 3.63) is 51.7 Å². The number of hydroxylamine groups is 1. The minimum atomic E-state index is -0.544. The maximum Gasteiger partial charge on any atom is 0.293 e. The van der Waals surface area contributed by atoms with Crippen molar-refractivity contribution >= 4 is 50.8 Å². The van der Waals surface area contributed by atoms with Crippen LogP contribution in [0.3, 0.4) is 0 Å². The second-order valence-corrected chi connectivity index (χ2v) is 8.32. The number of carbonyl (C=O) groups excluding carboxylic acids is 1. The maximum atomic E-state index is 14.4. The minimum Gasteiger partial charge on any atom is -0.351 e. The van der Waals surface area contributed by atoms with Gasteiger partial charge in [0, 0.05) is 28.4 Å². The fourth-order valence-electron chi connectivity index (χ4n) is 2.65. The molecule has 8 heteroatoms. The van der Waals surface area contributed by atoms with E-state index >= 15 is 0 Å². The van der Waals surface area contributed by atoms with Gasteiger partial charge in [0.15, 0.2) is 0 Å². The van der Waals surface area contributed by atoms with Gasteiger partial charge in [-0.15, -0.1) is 0 Å². The molecule has 0 saturated heterocycles. The van der Waals surface area contributed by atoms with Crippen molar-refractivity contribution in [2.45, 2.75) is 26.4 Å². The number of fused-ring (bicyclic) bond motifs is 1. The van der Waals surface area contributed by atoms with Gasteiger partial charge in [0.1, 0.15) is 11.5 Å². The van der Waals surface area contributed by atoms with Crippen molar-refractivity contribution in [2.75, 3.05) is 5.32 Å². The molecule has 0 fully saturated rings. The van der Waals surface area contributed by atoms with E-state index in [9.17, 15) is 9.18 Å². The highest BCUT2D eigenvalue weighted by Crippen LogP contribution is 2.33. The molecule has 3 aromatic rings. The largest absolute Gasteiger partial charge is 0.351 e. The van der Waals surface area contributed by atoms with Crippen molar-refractivity contribution in [3.63, 3.8) is 0 Å². The topological polar surface area (TPSA) is 68.2 Å². The fraction of sp³-hybridized carbons (Fsp3) is 0.263. The van der Waals surface area contributed by atoms with E-state index in [2.05, 4.69) is 15.8 Å². The molecule has 3 rings (SSSR count). The number of nitrogens with zero attached hydrogens (tertiary/aromatic N) is 2. The number of carbonyl (C=O) groups is 1. The first kappa shape index (κ1) is 19.6. The standard InChI is InChI=1S/C19H20FIN4O2/c1-19(2,3)27-24-18(26)17-16(12-10-22-8-7-15(12)25(17)4)23-14-6-5-11(21)9-13(14)20/h5-10,23H,1-4H3,(H,24,26). The summed E-state index contributed by atoms with van der Waals surface area (Å²) in [5.41, 5.74) is 3.79. The Morgan fingerprint density at radius 1 is 1.30 bits per heavy atom. The average Bonchev–Trinajstić information content (AvgIpc) is 2.87. The highest BCUT2D eigenvalue weighted by Gasteiger charge is 2.24. The third kappa shape index (κ3) is 4.22. The lowest BCUT2D eigenvalue weighted by Crippen LogP contribution is -2.34. The molecule has 1 aromatic carbocycles. The predicted octanol–water partition coefficient (Wildman–Crippen LogP) is 4.52. The number of hydrogen-bond donors (Lipinski definition) is 2. The lowest BCUT2D eigenvalue weighted by atomic mass is 10.2. The van der Waals surface area contributed by atoms with Crippen LogP contribution in [0.2, 0.25) is 0 Å².